The van der Waals surface area contributed by atoms with Crippen molar-refractivity contribution >= 4 is 26.5 Å². The fraction of sp³-hybridized carbons (Fsp3) is 0. The number of benzene rings is 2. The van der Waals surface area contributed by atoms with Gasteiger partial charge in [-0.1, -0.05) is 30.3 Å². The number of hydrogen-bond acceptors (Lipinski definition) is 3. The molecule has 106 valence electrons. The highest BCUT2D eigenvalue weighted by atomic mass is 32.2. The summed E-state index contributed by atoms with van der Waals surface area (Å²) in [5.74, 6) is 0. The van der Waals surface area contributed by atoms with Crippen LogP contribution in [0.2, 0.25) is 0 Å². The molecule has 0 unspecified atom stereocenters. The molecule has 3 aromatic rings. The maximum absolute atomic E-state index is 12.3. The van der Waals surface area contributed by atoms with Gasteiger partial charge in [0.25, 0.3) is 15.6 Å². The summed E-state index contributed by atoms with van der Waals surface area (Å²) in [6.07, 6.45) is 1.44. The average molecular weight is 300 g/mol. The summed E-state index contributed by atoms with van der Waals surface area (Å²) in [4.78, 5) is 14.1. The van der Waals surface area contributed by atoms with Crippen LogP contribution in [0.4, 0.5) is 5.69 Å². The van der Waals surface area contributed by atoms with Crippen LogP contribution >= 0.6 is 0 Å². The van der Waals surface area contributed by atoms with Crippen LogP contribution in [0.25, 0.3) is 10.8 Å². The van der Waals surface area contributed by atoms with E-state index in [1.165, 1.54) is 18.3 Å². The summed E-state index contributed by atoms with van der Waals surface area (Å²) in [7, 11) is -3.80. The van der Waals surface area contributed by atoms with Gasteiger partial charge in [-0.05, 0) is 35.0 Å². The first-order chi connectivity index (χ1) is 10.1. The molecule has 6 heteroatoms. The maximum Gasteiger partial charge on any atom is 0.272 e. The fourth-order valence-electron chi connectivity index (χ4n) is 2.04. The van der Waals surface area contributed by atoms with Crippen LogP contribution in [-0.2, 0) is 10.0 Å². The van der Waals surface area contributed by atoms with Crippen molar-refractivity contribution in [2.75, 3.05) is 4.72 Å². The van der Waals surface area contributed by atoms with Gasteiger partial charge in [-0.3, -0.25) is 9.52 Å². The summed E-state index contributed by atoms with van der Waals surface area (Å²) in [6, 6.07) is 15.3. The number of aromatic amines is 1. The molecular weight excluding hydrogens is 288 g/mol. The van der Waals surface area contributed by atoms with E-state index in [0.717, 1.165) is 10.8 Å². The lowest BCUT2D eigenvalue weighted by Gasteiger charge is -2.08. The highest BCUT2D eigenvalue weighted by Crippen LogP contribution is 2.20. The molecule has 0 saturated carbocycles. The number of anilines is 1. The van der Waals surface area contributed by atoms with Crippen molar-refractivity contribution in [2.24, 2.45) is 0 Å². The molecule has 0 radical (unpaired) electrons. The number of rotatable bonds is 3. The molecule has 21 heavy (non-hydrogen) atoms. The zero-order chi connectivity index (χ0) is 14.9. The zero-order valence-electron chi connectivity index (χ0n) is 10.9. The van der Waals surface area contributed by atoms with Crippen molar-refractivity contribution in [3.8, 4) is 0 Å². The standard InChI is InChI=1S/C15H12N2O3S/c18-15-14(6-3-9-16-15)17-21(19,20)13-8-7-11-4-1-2-5-12(11)10-13/h1-10,17H,(H,16,18). The van der Waals surface area contributed by atoms with E-state index in [2.05, 4.69) is 9.71 Å². The number of sulfonamides is 1. The Morgan fingerprint density at radius 1 is 0.905 bits per heavy atom. The lowest BCUT2D eigenvalue weighted by atomic mass is 10.1. The van der Waals surface area contributed by atoms with Crippen LogP contribution < -0.4 is 10.3 Å². The van der Waals surface area contributed by atoms with Crippen LogP contribution in [0.5, 0.6) is 0 Å². The fourth-order valence-corrected chi connectivity index (χ4v) is 3.14. The summed E-state index contributed by atoms with van der Waals surface area (Å²) in [5, 5.41) is 1.77. The maximum atomic E-state index is 12.3. The molecule has 0 bridgehead atoms. The lowest BCUT2D eigenvalue weighted by molar-refractivity contribution is 0.601. The highest BCUT2D eigenvalue weighted by molar-refractivity contribution is 7.92. The number of fused-ring (bicyclic) bond motifs is 1. The summed E-state index contributed by atoms with van der Waals surface area (Å²) < 4.78 is 27.0. The molecule has 2 N–H and O–H groups in total. The second-order valence-corrected chi connectivity index (χ2v) is 6.21. The Balaban J connectivity index is 2.04. The Bertz CT molecular complexity index is 962. The van der Waals surface area contributed by atoms with Crippen molar-refractivity contribution in [3.63, 3.8) is 0 Å². The molecule has 0 amide bonds. The van der Waals surface area contributed by atoms with E-state index in [4.69, 9.17) is 0 Å². The molecule has 0 aliphatic carbocycles. The molecule has 0 spiro atoms. The van der Waals surface area contributed by atoms with Crippen LogP contribution in [0.3, 0.4) is 0 Å². The normalized spacial score (nSPS) is 11.4. The van der Waals surface area contributed by atoms with E-state index >= 15 is 0 Å². The first-order valence-corrected chi connectivity index (χ1v) is 7.74. The van der Waals surface area contributed by atoms with Gasteiger partial charge in [-0.15, -0.1) is 0 Å². The van der Waals surface area contributed by atoms with Crippen molar-refractivity contribution in [1.82, 2.24) is 4.98 Å². The molecule has 0 aliphatic heterocycles. The third kappa shape index (κ3) is 2.66. The molecule has 0 fully saturated rings. The minimum Gasteiger partial charge on any atom is -0.327 e. The van der Waals surface area contributed by atoms with Gasteiger partial charge in [0.05, 0.1) is 4.90 Å². The first kappa shape index (κ1) is 13.4. The molecular formula is C15H12N2O3S. The highest BCUT2D eigenvalue weighted by Gasteiger charge is 2.15. The van der Waals surface area contributed by atoms with Gasteiger partial charge in [0.1, 0.15) is 5.69 Å². The van der Waals surface area contributed by atoms with Crippen molar-refractivity contribution < 1.29 is 8.42 Å². The van der Waals surface area contributed by atoms with Gasteiger partial charge in [-0.2, -0.15) is 0 Å². The van der Waals surface area contributed by atoms with E-state index in [1.54, 1.807) is 18.2 Å². The van der Waals surface area contributed by atoms with Gasteiger partial charge >= 0.3 is 0 Å². The van der Waals surface area contributed by atoms with Crippen molar-refractivity contribution in [1.29, 1.82) is 0 Å². The van der Waals surface area contributed by atoms with E-state index in [-0.39, 0.29) is 10.6 Å². The van der Waals surface area contributed by atoms with E-state index < -0.39 is 15.6 Å². The molecule has 3 rings (SSSR count). The Hall–Kier alpha value is -2.60. The topological polar surface area (TPSA) is 79.0 Å². The van der Waals surface area contributed by atoms with Crippen LogP contribution in [-0.4, -0.2) is 13.4 Å². The molecule has 1 aromatic heterocycles. The number of H-pyrrole nitrogens is 1. The third-order valence-electron chi connectivity index (χ3n) is 3.09. The molecule has 5 nitrogen and oxygen atoms in total. The van der Waals surface area contributed by atoms with Gasteiger partial charge in [-0.25, -0.2) is 8.42 Å². The monoisotopic (exact) mass is 300 g/mol. The van der Waals surface area contributed by atoms with E-state index in [0.29, 0.717) is 0 Å². The predicted octanol–water partition coefficient (Wildman–Crippen LogP) is 2.33. The number of aromatic nitrogens is 1. The molecule has 0 atom stereocenters. The summed E-state index contributed by atoms with van der Waals surface area (Å²) in [6.45, 7) is 0. The van der Waals surface area contributed by atoms with Crippen LogP contribution in [0.1, 0.15) is 0 Å². The summed E-state index contributed by atoms with van der Waals surface area (Å²) in [5.41, 5.74) is -0.493. The third-order valence-corrected chi connectivity index (χ3v) is 4.46. The minimum atomic E-state index is -3.80. The smallest absolute Gasteiger partial charge is 0.272 e. The van der Waals surface area contributed by atoms with Gasteiger partial charge in [0, 0.05) is 6.20 Å². The second kappa shape index (κ2) is 5.06. The average Bonchev–Trinajstić information content (AvgIpc) is 2.49. The number of nitrogens with one attached hydrogen (secondary N) is 2. The van der Waals surface area contributed by atoms with Gasteiger partial charge in [0.2, 0.25) is 0 Å². The quantitative estimate of drug-likeness (QED) is 0.779. The molecule has 1 heterocycles. The van der Waals surface area contributed by atoms with Gasteiger partial charge < -0.3 is 4.98 Å². The Morgan fingerprint density at radius 3 is 2.43 bits per heavy atom. The number of pyridine rings is 1. The number of hydrogen-bond donors (Lipinski definition) is 2. The lowest BCUT2D eigenvalue weighted by Crippen LogP contribution is -2.19. The SMILES string of the molecule is O=c1[nH]cccc1NS(=O)(=O)c1ccc2ccccc2c1. The van der Waals surface area contributed by atoms with E-state index in [1.807, 2.05) is 24.3 Å². The minimum absolute atomic E-state index is 0.00865. The Kier molecular flexibility index (Phi) is 3.23. The zero-order valence-corrected chi connectivity index (χ0v) is 11.7. The molecule has 2 aromatic carbocycles. The van der Waals surface area contributed by atoms with E-state index in [9.17, 15) is 13.2 Å². The van der Waals surface area contributed by atoms with Crippen LogP contribution in [0.15, 0.2) is 70.5 Å². The Labute approximate surface area is 121 Å². The predicted molar refractivity (Wildman–Crippen MR) is 81.8 cm³/mol. The second-order valence-electron chi connectivity index (χ2n) is 4.53. The molecule has 0 saturated heterocycles. The largest absolute Gasteiger partial charge is 0.327 e. The van der Waals surface area contributed by atoms with Crippen LogP contribution in [0, 0.1) is 0 Å². The Morgan fingerprint density at radius 2 is 1.67 bits per heavy atom. The molecule has 0 aliphatic rings. The van der Waals surface area contributed by atoms with Crippen molar-refractivity contribution in [3.05, 3.63) is 71.1 Å². The summed E-state index contributed by atoms with van der Waals surface area (Å²) >= 11 is 0. The van der Waals surface area contributed by atoms with Gasteiger partial charge in [0.15, 0.2) is 0 Å². The van der Waals surface area contributed by atoms with Crippen molar-refractivity contribution in [2.45, 2.75) is 4.90 Å². The first-order valence-electron chi connectivity index (χ1n) is 6.26.